The monoisotopic (exact) mass is 364 g/mol. The number of carbonyl (C=O) groups is 2. The van der Waals surface area contributed by atoms with E-state index in [1.165, 1.54) is 30.1 Å². The highest BCUT2D eigenvalue weighted by atomic mass is 32.2. The molecule has 0 bridgehead atoms. The Morgan fingerprint density at radius 1 is 1.20 bits per heavy atom. The summed E-state index contributed by atoms with van der Waals surface area (Å²) in [7, 11) is -2.08. The molecule has 2 N–H and O–H groups in total. The molecule has 1 aromatic carbocycles. The number of amides is 2. The minimum atomic E-state index is -3.54. The summed E-state index contributed by atoms with van der Waals surface area (Å²) in [6, 6.07) is 7.95. The van der Waals surface area contributed by atoms with E-state index in [9.17, 15) is 18.0 Å². The van der Waals surface area contributed by atoms with Gasteiger partial charge < -0.3 is 10.6 Å². The maximum atomic E-state index is 12.2. The quantitative estimate of drug-likeness (QED) is 0.763. The first-order valence-electron chi connectivity index (χ1n) is 7.74. The Labute approximate surface area is 146 Å². The second-order valence-corrected chi connectivity index (χ2v) is 7.37. The number of aryl methyl sites for hydroxylation is 1. The Hall–Kier alpha value is -2.68. The molecule has 9 heteroatoms. The Balaban J connectivity index is 2.06. The minimum Gasteiger partial charge on any atom is -0.354 e. The molecule has 2 aromatic rings. The molecule has 25 heavy (non-hydrogen) atoms. The van der Waals surface area contributed by atoms with E-state index in [1.807, 2.05) is 6.92 Å². The maximum absolute atomic E-state index is 12.2. The van der Waals surface area contributed by atoms with Gasteiger partial charge in [0.1, 0.15) is 0 Å². The van der Waals surface area contributed by atoms with Crippen LogP contribution in [0.1, 0.15) is 23.8 Å². The molecule has 0 fully saturated rings. The van der Waals surface area contributed by atoms with Crippen LogP contribution < -0.4 is 10.6 Å². The van der Waals surface area contributed by atoms with Crippen LogP contribution in [0.15, 0.2) is 41.4 Å². The first-order valence-corrected chi connectivity index (χ1v) is 9.39. The molecular weight excluding hydrogens is 344 g/mol. The maximum Gasteiger partial charge on any atom is 0.273 e. The van der Waals surface area contributed by atoms with Gasteiger partial charge in [0, 0.05) is 26.2 Å². The van der Waals surface area contributed by atoms with E-state index in [1.54, 1.807) is 18.2 Å². The smallest absolute Gasteiger partial charge is 0.273 e. The van der Waals surface area contributed by atoms with Crippen LogP contribution in [-0.2, 0) is 21.2 Å². The topological polar surface area (TPSA) is 110 Å². The number of nitrogens with zero attached hydrogens (tertiary/aromatic N) is 2. The van der Waals surface area contributed by atoms with Gasteiger partial charge in [0.15, 0.2) is 15.5 Å². The van der Waals surface area contributed by atoms with Gasteiger partial charge in [-0.2, -0.15) is 5.10 Å². The van der Waals surface area contributed by atoms with Gasteiger partial charge in [0.05, 0.1) is 16.3 Å². The molecule has 1 aromatic heterocycles. The lowest BCUT2D eigenvalue weighted by atomic mass is 10.3. The molecule has 2 rings (SSSR count). The van der Waals surface area contributed by atoms with Crippen LogP contribution in [0.4, 0.5) is 5.69 Å². The SMILES string of the molecule is CCn1cc(NC(=O)CCS(=O)(=O)c2ccccc2)c(C(=O)NC)n1. The molecule has 0 aliphatic rings. The number of anilines is 1. The number of nitrogens with one attached hydrogen (secondary N) is 2. The first-order chi connectivity index (χ1) is 11.9. The van der Waals surface area contributed by atoms with Crippen LogP contribution in [-0.4, -0.2) is 42.8 Å². The number of hydrogen-bond donors (Lipinski definition) is 2. The standard InChI is InChI=1S/C16H20N4O4S/c1-3-20-11-13(15(19-20)16(22)17-2)18-14(21)9-10-25(23,24)12-7-5-4-6-8-12/h4-8,11H,3,9-10H2,1-2H3,(H,17,22)(H,18,21). The zero-order valence-corrected chi connectivity index (χ0v) is 14.8. The fourth-order valence-electron chi connectivity index (χ4n) is 2.15. The fraction of sp³-hybridized carbons (Fsp3) is 0.312. The molecule has 0 unspecified atom stereocenters. The van der Waals surface area contributed by atoms with Crippen molar-refractivity contribution in [2.45, 2.75) is 24.8 Å². The third-order valence-electron chi connectivity index (χ3n) is 3.50. The number of carbonyl (C=O) groups excluding carboxylic acids is 2. The van der Waals surface area contributed by atoms with Gasteiger partial charge >= 0.3 is 0 Å². The number of benzene rings is 1. The highest BCUT2D eigenvalue weighted by Gasteiger charge is 2.20. The summed E-state index contributed by atoms with van der Waals surface area (Å²) in [6.45, 7) is 2.38. The molecule has 1 heterocycles. The van der Waals surface area contributed by atoms with E-state index in [4.69, 9.17) is 0 Å². The van der Waals surface area contributed by atoms with Crippen LogP contribution in [0, 0.1) is 0 Å². The minimum absolute atomic E-state index is 0.0867. The van der Waals surface area contributed by atoms with Crippen molar-refractivity contribution in [2.75, 3.05) is 18.1 Å². The van der Waals surface area contributed by atoms with Gasteiger partial charge in [-0.3, -0.25) is 14.3 Å². The average molecular weight is 364 g/mol. The molecule has 0 saturated heterocycles. The van der Waals surface area contributed by atoms with Crippen molar-refractivity contribution in [1.82, 2.24) is 15.1 Å². The lowest BCUT2D eigenvalue weighted by Crippen LogP contribution is -2.22. The molecular formula is C16H20N4O4S. The molecule has 0 aliphatic carbocycles. The summed E-state index contributed by atoms with van der Waals surface area (Å²) in [4.78, 5) is 24.1. The highest BCUT2D eigenvalue weighted by molar-refractivity contribution is 7.91. The largest absolute Gasteiger partial charge is 0.354 e. The van der Waals surface area contributed by atoms with Gasteiger partial charge in [0.25, 0.3) is 5.91 Å². The third-order valence-corrected chi connectivity index (χ3v) is 5.23. The van der Waals surface area contributed by atoms with E-state index in [0.717, 1.165) is 0 Å². The van der Waals surface area contributed by atoms with E-state index in [2.05, 4.69) is 15.7 Å². The highest BCUT2D eigenvalue weighted by Crippen LogP contribution is 2.15. The molecule has 134 valence electrons. The molecule has 0 atom stereocenters. The van der Waals surface area contributed by atoms with Crippen LogP contribution in [0.3, 0.4) is 0 Å². The molecule has 0 aliphatic heterocycles. The van der Waals surface area contributed by atoms with E-state index in [0.29, 0.717) is 6.54 Å². The Morgan fingerprint density at radius 3 is 2.48 bits per heavy atom. The van der Waals surface area contributed by atoms with Crippen molar-refractivity contribution in [2.24, 2.45) is 0 Å². The van der Waals surface area contributed by atoms with Crippen LogP contribution >= 0.6 is 0 Å². The zero-order chi connectivity index (χ0) is 18.4. The van der Waals surface area contributed by atoms with Crippen molar-refractivity contribution in [3.63, 3.8) is 0 Å². The van der Waals surface area contributed by atoms with Crippen LogP contribution in [0.5, 0.6) is 0 Å². The Bertz CT molecular complexity index is 860. The number of aromatic nitrogens is 2. The predicted octanol–water partition coefficient (Wildman–Crippen LogP) is 1.07. The van der Waals surface area contributed by atoms with Crippen LogP contribution in [0.25, 0.3) is 0 Å². The fourth-order valence-corrected chi connectivity index (χ4v) is 3.41. The van der Waals surface area contributed by atoms with Gasteiger partial charge in [-0.1, -0.05) is 18.2 Å². The van der Waals surface area contributed by atoms with Crippen molar-refractivity contribution < 1.29 is 18.0 Å². The average Bonchev–Trinajstić information content (AvgIpc) is 3.03. The molecule has 0 radical (unpaired) electrons. The second-order valence-electron chi connectivity index (χ2n) is 5.26. The van der Waals surface area contributed by atoms with E-state index >= 15 is 0 Å². The van der Waals surface area contributed by atoms with Crippen molar-refractivity contribution in [3.05, 3.63) is 42.2 Å². The molecule has 0 saturated carbocycles. The summed E-state index contributed by atoms with van der Waals surface area (Å²) >= 11 is 0. The second kappa shape index (κ2) is 7.93. The summed E-state index contributed by atoms with van der Waals surface area (Å²) in [6.07, 6.45) is 1.32. The van der Waals surface area contributed by atoms with E-state index in [-0.39, 0.29) is 28.5 Å². The lowest BCUT2D eigenvalue weighted by molar-refractivity contribution is -0.115. The third kappa shape index (κ3) is 4.66. The van der Waals surface area contributed by atoms with Crippen molar-refractivity contribution in [1.29, 1.82) is 0 Å². The van der Waals surface area contributed by atoms with E-state index < -0.39 is 21.7 Å². The Kier molecular flexibility index (Phi) is 5.92. The number of hydrogen-bond acceptors (Lipinski definition) is 5. The number of sulfone groups is 1. The van der Waals surface area contributed by atoms with Gasteiger partial charge in [-0.25, -0.2) is 8.42 Å². The Morgan fingerprint density at radius 2 is 1.88 bits per heavy atom. The summed E-state index contributed by atoms with van der Waals surface area (Å²) in [5.74, 6) is -1.25. The number of rotatable bonds is 7. The zero-order valence-electron chi connectivity index (χ0n) is 14.0. The van der Waals surface area contributed by atoms with Gasteiger partial charge in [-0.15, -0.1) is 0 Å². The van der Waals surface area contributed by atoms with Crippen molar-refractivity contribution in [3.8, 4) is 0 Å². The van der Waals surface area contributed by atoms with Gasteiger partial charge in [0.2, 0.25) is 5.91 Å². The van der Waals surface area contributed by atoms with Crippen LogP contribution in [0.2, 0.25) is 0 Å². The summed E-state index contributed by atoms with van der Waals surface area (Å²) in [5, 5.41) is 9.09. The molecule has 8 nitrogen and oxygen atoms in total. The van der Waals surface area contributed by atoms with Crippen molar-refractivity contribution >= 4 is 27.3 Å². The summed E-state index contributed by atoms with van der Waals surface area (Å²) in [5.41, 5.74) is 0.340. The lowest BCUT2D eigenvalue weighted by Gasteiger charge is -2.06. The normalized spacial score (nSPS) is 11.1. The molecule has 0 spiro atoms. The first kappa shape index (κ1) is 18.7. The molecule has 2 amide bonds. The predicted molar refractivity (Wildman–Crippen MR) is 93.0 cm³/mol. The summed E-state index contributed by atoms with van der Waals surface area (Å²) < 4.78 is 25.9. The van der Waals surface area contributed by atoms with Gasteiger partial charge in [-0.05, 0) is 19.1 Å².